The van der Waals surface area contributed by atoms with Crippen molar-refractivity contribution in [2.45, 2.75) is 12.0 Å². The Balaban J connectivity index is 0. The van der Waals surface area contributed by atoms with E-state index in [1.54, 1.807) is 0 Å². The summed E-state index contributed by atoms with van der Waals surface area (Å²) in [5.41, 5.74) is 4.44. The first-order valence-electron chi connectivity index (χ1n) is 2.88. The monoisotopic (exact) mass is 202 g/mol. The van der Waals surface area contributed by atoms with Gasteiger partial charge in [0.15, 0.2) is 0 Å². The number of halogens is 2. The molecule has 0 bridgehead atoms. The first-order valence-corrected chi connectivity index (χ1v) is 2.88. The van der Waals surface area contributed by atoms with Crippen LogP contribution in [0.2, 0.25) is 0 Å². The van der Waals surface area contributed by atoms with Gasteiger partial charge in [-0.05, 0) is 13.0 Å². The first-order chi connectivity index (χ1) is 4.15. The Bertz CT molecular complexity index is 136. The number of carbonyl (C=O) groups is 1. The number of hydrogen-bond acceptors (Lipinski definition) is 3. The standard InChI is InChI=1S/C5H10N2O2.2ClH/c6-5(4(8)9)1-2-7-3-5;;/h7H,1-3,6H2,(H,8,9);2*1H/t5-;;/m0../s1. The highest BCUT2D eigenvalue weighted by atomic mass is 35.5. The molecule has 4 nitrogen and oxygen atoms in total. The van der Waals surface area contributed by atoms with Crippen molar-refractivity contribution < 1.29 is 9.90 Å². The van der Waals surface area contributed by atoms with E-state index in [0.717, 1.165) is 0 Å². The molecule has 1 fully saturated rings. The smallest absolute Gasteiger partial charge is 0.325 e. The Hall–Kier alpha value is -0.0300. The van der Waals surface area contributed by atoms with Crippen LogP contribution in [0.3, 0.4) is 0 Å². The van der Waals surface area contributed by atoms with Crippen LogP contribution in [-0.2, 0) is 4.79 Å². The Kier molecular flexibility index (Phi) is 5.88. The van der Waals surface area contributed by atoms with Crippen molar-refractivity contribution in [1.82, 2.24) is 5.32 Å². The minimum atomic E-state index is -1.00. The molecule has 68 valence electrons. The van der Waals surface area contributed by atoms with Gasteiger partial charge in [0.2, 0.25) is 0 Å². The molecule has 4 N–H and O–H groups in total. The highest BCUT2D eigenvalue weighted by molar-refractivity contribution is 5.85. The van der Waals surface area contributed by atoms with Crippen LogP contribution in [0.4, 0.5) is 0 Å². The third-order valence-corrected chi connectivity index (χ3v) is 1.61. The van der Waals surface area contributed by atoms with Crippen LogP contribution in [0.15, 0.2) is 0 Å². The van der Waals surface area contributed by atoms with Gasteiger partial charge in [0, 0.05) is 6.54 Å². The van der Waals surface area contributed by atoms with Crippen LogP contribution in [0.5, 0.6) is 0 Å². The summed E-state index contributed by atoms with van der Waals surface area (Å²) >= 11 is 0. The zero-order valence-corrected chi connectivity index (χ0v) is 7.50. The van der Waals surface area contributed by atoms with Gasteiger partial charge in [0.25, 0.3) is 0 Å². The van der Waals surface area contributed by atoms with E-state index in [-0.39, 0.29) is 24.8 Å². The first kappa shape index (κ1) is 13.6. The van der Waals surface area contributed by atoms with Crippen molar-refractivity contribution in [3.63, 3.8) is 0 Å². The van der Waals surface area contributed by atoms with Crippen LogP contribution in [0.1, 0.15) is 6.42 Å². The van der Waals surface area contributed by atoms with Crippen molar-refractivity contribution in [2.75, 3.05) is 13.1 Å². The van der Waals surface area contributed by atoms with Crippen molar-refractivity contribution in [3.05, 3.63) is 0 Å². The second-order valence-corrected chi connectivity index (χ2v) is 2.39. The molecule has 1 aliphatic heterocycles. The minimum absolute atomic E-state index is 0. The summed E-state index contributed by atoms with van der Waals surface area (Å²) in [4.78, 5) is 10.4. The average molecular weight is 203 g/mol. The molecule has 0 spiro atoms. The van der Waals surface area contributed by atoms with Gasteiger partial charge < -0.3 is 16.2 Å². The lowest BCUT2D eigenvalue weighted by Gasteiger charge is -2.14. The van der Waals surface area contributed by atoms with Crippen LogP contribution in [0, 0.1) is 0 Å². The molecule has 0 aliphatic carbocycles. The number of rotatable bonds is 1. The lowest BCUT2D eigenvalue weighted by atomic mass is 10.0. The van der Waals surface area contributed by atoms with Crippen molar-refractivity contribution in [3.8, 4) is 0 Å². The second kappa shape index (κ2) is 4.77. The Morgan fingerprint density at radius 2 is 2.09 bits per heavy atom. The predicted molar refractivity (Wildman–Crippen MR) is 46.5 cm³/mol. The quantitative estimate of drug-likeness (QED) is 0.542. The van der Waals surface area contributed by atoms with E-state index in [4.69, 9.17) is 10.8 Å². The fraction of sp³-hybridized carbons (Fsp3) is 0.800. The van der Waals surface area contributed by atoms with Crippen LogP contribution >= 0.6 is 24.8 Å². The number of nitrogens with two attached hydrogens (primary N) is 1. The third kappa shape index (κ3) is 2.83. The predicted octanol–water partition coefficient (Wildman–Crippen LogP) is -0.395. The molecule has 0 aromatic heterocycles. The van der Waals surface area contributed by atoms with Crippen LogP contribution in [-0.4, -0.2) is 29.7 Å². The van der Waals surface area contributed by atoms with E-state index < -0.39 is 11.5 Å². The van der Waals surface area contributed by atoms with Gasteiger partial charge in [-0.25, -0.2) is 0 Å². The molecule has 0 unspecified atom stereocenters. The Morgan fingerprint density at radius 3 is 2.27 bits per heavy atom. The highest BCUT2D eigenvalue weighted by Gasteiger charge is 2.36. The maximum Gasteiger partial charge on any atom is 0.325 e. The Labute approximate surface area is 77.3 Å². The molecule has 0 aromatic rings. The zero-order valence-electron chi connectivity index (χ0n) is 5.87. The topological polar surface area (TPSA) is 75.4 Å². The van der Waals surface area contributed by atoms with Crippen molar-refractivity contribution in [1.29, 1.82) is 0 Å². The van der Waals surface area contributed by atoms with Gasteiger partial charge in [-0.15, -0.1) is 24.8 Å². The van der Waals surface area contributed by atoms with E-state index in [0.29, 0.717) is 19.5 Å². The molecule has 0 aromatic carbocycles. The number of carboxylic acids is 1. The summed E-state index contributed by atoms with van der Waals surface area (Å²) in [5.74, 6) is -0.910. The fourth-order valence-corrected chi connectivity index (χ4v) is 0.894. The van der Waals surface area contributed by atoms with E-state index in [1.807, 2.05) is 0 Å². The average Bonchev–Trinajstić information content (AvgIpc) is 2.16. The molecular formula is C5H12Cl2N2O2. The SMILES string of the molecule is Cl.Cl.N[C@@]1(C(=O)O)CCNC1. The van der Waals surface area contributed by atoms with E-state index in [9.17, 15) is 4.79 Å². The van der Waals surface area contributed by atoms with Crippen molar-refractivity contribution in [2.24, 2.45) is 5.73 Å². The number of hydrogen-bond donors (Lipinski definition) is 3. The van der Waals surface area contributed by atoms with E-state index >= 15 is 0 Å². The summed E-state index contributed by atoms with van der Waals surface area (Å²) in [6.45, 7) is 1.10. The van der Waals surface area contributed by atoms with Gasteiger partial charge in [-0.1, -0.05) is 0 Å². The summed E-state index contributed by atoms with van der Waals surface area (Å²) in [5, 5.41) is 11.4. The fourth-order valence-electron chi connectivity index (χ4n) is 0.894. The zero-order chi connectivity index (χ0) is 6.91. The van der Waals surface area contributed by atoms with E-state index in [2.05, 4.69) is 5.32 Å². The third-order valence-electron chi connectivity index (χ3n) is 1.61. The van der Waals surface area contributed by atoms with Gasteiger partial charge in [-0.3, -0.25) is 4.79 Å². The molecule has 0 saturated carbocycles. The molecular weight excluding hydrogens is 191 g/mol. The van der Waals surface area contributed by atoms with Crippen molar-refractivity contribution >= 4 is 30.8 Å². The van der Waals surface area contributed by atoms with Gasteiger partial charge in [-0.2, -0.15) is 0 Å². The maximum atomic E-state index is 10.4. The largest absolute Gasteiger partial charge is 0.480 e. The van der Waals surface area contributed by atoms with Crippen LogP contribution in [0.25, 0.3) is 0 Å². The van der Waals surface area contributed by atoms with Gasteiger partial charge in [0.05, 0.1) is 0 Å². The second-order valence-electron chi connectivity index (χ2n) is 2.39. The lowest BCUT2D eigenvalue weighted by Crippen LogP contribution is -2.49. The maximum absolute atomic E-state index is 10.4. The molecule has 1 aliphatic rings. The van der Waals surface area contributed by atoms with Gasteiger partial charge >= 0.3 is 5.97 Å². The minimum Gasteiger partial charge on any atom is -0.480 e. The highest BCUT2D eigenvalue weighted by Crippen LogP contribution is 2.09. The molecule has 1 atom stereocenters. The Morgan fingerprint density at radius 1 is 1.55 bits per heavy atom. The number of carboxylic acid groups (broad SMARTS) is 1. The summed E-state index contributed by atoms with van der Waals surface area (Å²) in [6.07, 6.45) is 0.530. The summed E-state index contributed by atoms with van der Waals surface area (Å²) in [7, 11) is 0. The van der Waals surface area contributed by atoms with E-state index in [1.165, 1.54) is 0 Å². The molecule has 1 saturated heterocycles. The summed E-state index contributed by atoms with van der Waals surface area (Å²) in [6, 6.07) is 0. The molecule has 1 heterocycles. The normalized spacial score (nSPS) is 28.5. The molecule has 0 radical (unpaired) electrons. The lowest BCUT2D eigenvalue weighted by molar-refractivity contribution is -0.142. The molecule has 6 heteroatoms. The number of nitrogens with one attached hydrogen (secondary N) is 1. The molecule has 1 rings (SSSR count). The van der Waals surface area contributed by atoms with Gasteiger partial charge in [0.1, 0.15) is 5.54 Å². The molecule has 11 heavy (non-hydrogen) atoms. The van der Waals surface area contributed by atoms with Crippen LogP contribution < -0.4 is 11.1 Å². The molecule has 0 amide bonds. The summed E-state index contributed by atoms with van der Waals surface area (Å²) < 4.78 is 0. The number of aliphatic carboxylic acids is 1.